The molecule has 2 aromatic rings. The Hall–Kier alpha value is -1.20. The van der Waals surface area contributed by atoms with E-state index in [0.29, 0.717) is 0 Å². The zero-order chi connectivity index (χ0) is 14.2. The first-order chi connectivity index (χ1) is 10.4. The first-order valence-corrected chi connectivity index (χ1v) is 9.02. The van der Waals surface area contributed by atoms with Crippen molar-refractivity contribution in [2.75, 3.05) is 25.0 Å². The molecule has 0 saturated carbocycles. The molecule has 5 heteroatoms. The number of quaternary nitrogens is 1. The van der Waals surface area contributed by atoms with Gasteiger partial charge in [-0.15, -0.1) is 11.3 Å². The normalized spacial score (nSPS) is 24.6. The van der Waals surface area contributed by atoms with E-state index in [4.69, 9.17) is 0 Å². The minimum absolute atomic E-state index is 0.742. The fraction of sp³-hybridized carbons (Fsp3) is 0.625. The monoisotopic (exact) mass is 303 g/mol. The number of aromatic nitrogens is 2. The number of fused-ring (bicyclic) bond motifs is 3. The van der Waals surface area contributed by atoms with Crippen molar-refractivity contribution in [1.29, 1.82) is 0 Å². The highest BCUT2D eigenvalue weighted by molar-refractivity contribution is 7.19. The lowest BCUT2D eigenvalue weighted by Gasteiger charge is -2.20. The lowest BCUT2D eigenvalue weighted by Crippen LogP contribution is -3.14. The summed E-state index contributed by atoms with van der Waals surface area (Å²) in [7, 11) is 0. The Morgan fingerprint density at radius 1 is 1.33 bits per heavy atom. The number of aryl methyl sites for hydroxylation is 2. The smallest absolute Gasteiger partial charge is 0.138 e. The third-order valence-corrected chi connectivity index (χ3v) is 6.30. The van der Waals surface area contributed by atoms with Gasteiger partial charge in [-0.05, 0) is 31.7 Å². The maximum Gasteiger partial charge on any atom is 0.138 e. The molecule has 0 bridgehead atoms. The van der Waals surface area contributed by atoms with E-state index >= 15 is 0 Å². The molecule has 21 heavy (non-hydrogen) atoms. The molecule has 1 saturated heterocycles. The Morgan fingerprint density at radius 3 is 3.19 bits per heavy atom. The zero-order valence-corrected chi connectivity index (χ0v) is 13.4. The van der Waals surface area contributed by atoms with Crippen molar-refractivity contribution in [3.8, 4) is 0 Å². The van der Waals surface area contributed by atoms with Crippen molar-refractivity contribution in [1.82, 2.24) is 9.97 Å². The molecule has 0 spiro atoms. The second-order valence-corrected chi connectivity index (χ2v) is 7.33. The minimum atomic E-state index is 0.742. The van der Waals surface area contributed by atoms with Gasteiger partial charge in [-0.2, -0.15) is 0 Å². The van der Waals surface area contributed by atoms with Gasteiger partial charge in [0.2, 0.25) is 0 Å². The predicted molar refractivity (Wildman–Crippen MR) is 87.3 cm³/mol. The molecule has 2 N–H and O–H groups in total. The van der Waals surface area contributed by atoms with Gasteiger partial charge in [-0.3, -0.25) is 0 Å². The lowest BCUT2D eigenvalue weighted by atomic mass is 10.2. The molecule has 0 radical (unpaired) electrons. The van der Waals surface area contributed by atoms with Gasteiger partial charge in [0.05, 0.1) is 25.0 Å². The highest BCUT2D eigenvalue weighted by atomic mass is 32.1. The number of hydrogen-bond donors (Lipinski definition) is 2. The standard InChI is InChI=1S/C16H22N4S/c1-2-20-8-4-5-11(20)9-17-15-14-12-6-3-7-13(12)21-16(14)19-10-18-15/h10-11H,2-9H2,1H3,(H,17,18,19)/p+1/t11-/m1/s1. The Labute approximate surface area is 129 Å². The number of nitrogens with one attached hydrogen (secondary N) is 2. The third-order valence-electron chi connectivity index (χ3n) is 5.10. The Kier molecular flexibility index (Phi) is 3.55. The number of rotatable bonds is 4. The van der Waals surface area contributed by atoms with Crippen LogP contribution in [-0.2, 0) is 12.8 Å². The molecule has 2 aromatic heterocycles. The van der Waals surface area contributed by atoms with Crippen molar-refractivity contribution in [3.63, 3.8) is 0 Å². The van der Waals surface area contributed by atoms with Crippen LogP contribution in [0.2, 0.25) is 0 Å². The molecule has 1 fully saturated rings. The molecular weight excluding hydrogens is 280 g/mol. The van der Waals surface area contributed by atoms with E-state index in [2.05, 4.69) is 22.2 Å². The number of anilines is 1. The first-order valence-electron chi connectivity index (χ1n) is 8.20. The van der Waals surface area contributed by atoms with Gasteiger partial charge in [0.25, 0.3) is 0 Å². The second kappa shape index (κ2) is 5.54. The van der Waals surface area contributed by atoms with Crippen molar-refractivity contribution >= 4 is 27.4 Å². The van der Waals surface area contributed by atoms with Crippen LogP contribution in [0.3, 0.4) is 0 Å². The lowest BCUT2D eigenvalue weighted by molar-refractivity contribution is -0.908. The van der Waals surface area contributed by atoms with Crippen molar-refractivity contribution < 1.29 is 4.90 Å². The van der Waals surface area contributed by atoms with Crippen molar-refractivity contribution in [2.24, 2.45) is 0 Å². The molecule has 1 aliphatic carbocycles. The number of likely N-dealkylation sites (N-methyl/N-ethyl adjacent to an activating group) is 1. The van der Waals surface area contributed by atoms with Crippen LogP contribution >= 0.6 is 11.3 Å². The first kappa shape index (κ1) is 13.5. The molecule has 2 aliphatic rings. The van der Waals surface area contributed by atoms with Gasteiger partial charge in [0.15, 0.2) is 0 Å². The number of thiophene rings is 1. The summed E-state index contributed by atoms with van der Waals surface area (Å²) in [6, 6.07) is 0.742. The van der Waals surface area contributed by atoms with E-state index in [1.165, 1.54) is 65.9 Å². The van der Waals surface area contributed by atoms with E-state index in [0.717, 1.165) is 18.4 Å². The molecule has 0 aromatic carbocycles. The fourth-order valence-electron chi connectivity index (χ4n) is 3.98. The van der Waals surface area contributed by atoms with Gasteiger partial charge in [-0.25, -0.2) is 9.97 Å². The zero-order valence-electron chi connectivity index (χ0n) is 12.6. The molecule has 1 aliphatic heterocycles. The average molecular weight is 303 g/mol. The van der Waals surface area contributed by atoms with E-state index in [-0.39, 0.29) is 0 Å². The SMILES string of the molecule is CC[NH+]1CCC[C@@H]1CNc1ncnc2sc3c(c12)CCC3. The van der Waals surface area contributed by atoms with Crippen LogP contribution in [0.15, 0.2) is 6.33 Å². The molecule has 4 nitrogen and oxygen atoms in total. The predicted octanol–water partition coefficient (Wildman–Crippen LogP) is 1.66. The molecule has 4 rings (SSSR count). The molecule has 0 amide bonds. The Morgan fingerprint density at radius 2 is 2.29 bits per heavy atom. The molecule has 1 unspecified atom stereocenters. The summed E-state index contributed by atoms with van der Waals surface area (Å²) in [5.74, 6) is 1.07. The van der Waals surface area contributed by atoms with Gasteiger partial charge < -0.3 is 10.2 Å². The van der Waals surface area contributed by atoms with Crippen LogP contribution in [0.1, 0.15) is 36.6 Å². The van der Waals surface area contributed by atoms with Crippen LogP contribution in [0, 0.1) is 0 Å². The maximum absolute atomic E-state index is 4.54. The van der Waals surface area contributed by atoms with E-state index < -0.39 is 0 Å². The highest BCUT2D eigenvalue weighted by Crippen LogP contribution is 2.38. The molecule has 3 heterocycles. The summed E-state index contributed by atoms with van der Waals surface area (Å²) >= 11 is 1.87. The quantitative estimate of drug-likeness (QED) is 0.903. The second-order valence-electron chi connectivity index (χ2n) is 6.24. The largest absolute Gasteiger partial charge is 0.363 e. The Balaban J connectivity index is 1.59. The Bertz CT molecular complexity index is 651. The average Bonchev–Trinajstić information content (AvgIpc) is 3.19. The van der Waals surface area contributed by atoms with Crippen LogP contribution in [0.5, 0.6) is 0 Å². The topological polar surface area (TPSA) is 42.2 Å². The summed E-state index contributed by atoms with van der Waals surface area (Å²) in [6.07, 6.45) is 8.14. The van der Waals surface area contributed by atoms with Gasteiger partial charge in [0.1, 0.15) is 23.0 Å². The summed E-state index contributed by atoms with van der Waals surface area (Å²) in [5, 5.41) is 4.96. The van der Waals surface area contributed by atoms with Crippen LogP contribution < -0.4 is 10.2 Å². The van der Waals surface area contributed by atoms with E-state index in [9.17, 15) is 0 Å². The number of nitrogens with zero attached hydrogens (tertiary/aromatic N) is 2. The van der Waals surface area contributed by atoms with Crippen LogP contribution in [0.4, 0.5) is 5.82 Å². The minimum Gasteiger partial charge on any atom is -0.363 e. The van der Waals surface area contributed by atoms with Crippen molar-refractivity contribution in [3.05, 3.63) is 16.8 Å². The number of likely N-dealkylation sites (tertiary alicyclic amines) is 1. The summed E-state index contributed by atoms with van der Waals surface area (Å²) in [4.78, 5) is 13.5. The number of hydrogen-bond acceptors (Lipinski definition) is 4. The summed E-state index contributed by atoms with van der Waals surface area (Å²) in [6.45, 7) is 5.90. The maximum atomic E-state index is 4.54. The van der Waals surface area contributed by atoms with Crippen LogP contribution in [0.25, 0.3) is 10.2 Å². The van der Waals surface area contributed by atoms with Crippen LogP contribution in [-0.4, -0.2) is 35.6 Å². The highest BCUT2D eigenvalue weighted by Gasteiger charge is 2.27. The summed E-state index contributed by atoms with van der Waals surface area (Å²) in [5.41, 5.74) is 1.52. The van der Waals surface area contributed by atoms with Crippen molar-refractivity contribution in [2.45, 2.75) is 45.1 Å². The molecule has 112 valence electrons. The summed E-state index contributed by atoms with van der Waals surface area (Å²) < 4.78 is 0. The van der Waals surface area contributed by atoms with E-state index in [1.807, 2.05) is 11.3 Å². The van der Waals surface area contributed by atoms with Gasteiger partial charge in [-0.1, -0.05) is 0 Å². The molecule has 2 atom stereocenters. The van der Waals surface area contributed by atoms with E-state index in [1.54, 1.807) is 11.2 Å². The molecular formula is C16H23N4S+. The van der Waals surface area contributed by atoms with Gasteiger partial charge in [0, 0.05) is 17.7 Å². The van der Waals surface area contributed by atoms with Gasteiger partial charge >= 0.3 is 0 Å². The third kappa shape index (κ3) is 2.32. The fourth-order valence-corrected chi connectivity index (χ4v) is 5.21.